The number of para-hydroxylation sites is 1. The van der Waals surface area contributed by atoms with Crippen LogP contribution in [-0.4, -0.2) is 0 Å². The Balaban J connectivity index is 1.97. The maximum Gasteiger partial charge on any atom is 0.131 e. The highest BCUT2D eigenvalue weighted by Crippen LogP contribution is 2.34. The number of hydrogen-bond donors (Lipinski definition) is 1. The van der Waals surface area contributed by atoms with Crippen LogP contribution in [0.4, 0.5) is 14.5 Å². The van der Waals surface area contributed by atoms with E-state index in [-0.39, 0.29) is 11.6 Å². The Bertz CT molecular complexity index is 560. The highest BCUT2D eigenvalue weighted by atomic mass is 19.1. The van der Waals surface area contributed by atoms with Gasteiger partial charge in [-0.2, -0.15) is 0 Å². The summed E-state index contributed by atoms with van der Waals surface area (Å²) in [6.07, 6.45) is 1.54. The van der Waals surface area contributed by atoms with Gasteiger partial charge in [-0.1, -0.05) is 24.3 Å². The van der Waals surface area contributed by atoms with Crippen molar-refractivity contribution in [2.24, 2.45) is 0 Å². The molecule has 1 N–H and O–H groups in total. The Morgan fingerprint density at radius 2 is 1.67 bits per heavy atom. The summed E-state index contributed by atoms with van der Waals surface area (Å²) < 4.78 is 27.5. The van der Waals surface area contributed by atoms with E-state index in [0.29, 0.717) is 6.42 Å². The monoisotopic (exact) mass is 245 g/mol. The third-order valence-electron chi connectivity index (χ3n) is 3.40. The molecule has 3 rings (SSSR count). The molecule has 3 heteroatoms. The van der Waals surface area contributed by atoms with Gasteiger partial charge in [0.2, 0.25) is 0 Å². The van der Waals surface area contributed by atoms with Crippen LogP contribution < -0.4 is 5.32 Å². The van der Waals surface area contributed by atoms with Gasteiger partial charge in [0.05, 0.1) is 6.04 Å². The number of halogens is 2. The minimum atomic E-state index is -0.480. The highest BCUT2D eigenvalue weighted by molar-refractivity contribution is 5.55. The van der Waals surface area contributed by atoms with Crippen molar-refractivity contribution in [1.29, 1.82) is 0 Å². The summed E-state index contributed by atoms with van der Waals surface area (Å²) in [5, 5.41) is 3.21. The number of rotatable bonds is 1. The first-order valence-corrected chi connectivity index (χ1v) is 6.04. The first-order valence-electron chi connectivity index (χ1n) is 6.04. The summed E-state index contributed by atoms with van der Waals surface area (Å²) >= 11 is 0. The number of benzene rings is 2. The van der Waals surface area contributed by atoms with E-state index in [9.17, 15) is 8.78 Å². The first kappa shape index (κ1) is 11.2. The third-order valence-corrected chi connectivity index (χ3v) is 3.40. The Morgan fingerprint density at radius 3 is 2.44 bits per heavy atom. The molecule has 1 nitrogen and oxygen atoms in total. The highest BCUT2D eigenvalue weighted by Gasteiger charge is 2.24. The van der Waals surface area contributed by atoms with Crippen LogP contribution in [0.1, 0.15) is 23.6 Å². The topological polar surface area (TPSA) is 12.0 Å². The average Bonchev–Trinajstić information content (AvgIpc) is 2.38. The maximum absolute atomic E-state index is 13.7. The van der Waals surface area contributed by atoms with Crippen molar-refractivity contribution in [3.8, 4) is 0 Å². The predicted octanol–water partition coefficient (Wildman–Crippen LogP) is 4.06. The standard InChI is InChI=1S/C15H13F2N/c16-11-5-3-6-12(17)15(11)14-9-8-10-4-1-2-7-13(10)18-14/h1-7,14,18H,8-9H2. The number of hydrogen-bond acceptors (Lipinski definition) is 1. The Labute approximate surface area is 104 Å². The lowest BCUT2D eigenvalue weighted by atomic mass is 9.93. The molecule has 18 heavy (non-hydrogen) atoms. The Kier molecular flexibility index (Phi) is 2.74. The van der Waals surface area contributed by atoms with Crippen molar-refractivity contribution < 1.29 is 8.78 Å². The lowest BCUT2D eigenvalue weighted by Crippen LogP contribution is -2.20. The fraction of sp³-hybridized carbons (Fsp3) is 0.200. The summed E-state index contributed by atoms with van der Waals surface area (Å²) in [6.45, 7) is 0. The van der Waals surface area contributed by atoms with E-state index in [1.807, 2.05) is 24.3 Å². The van der Waals surface area contributed by atoms with E-state index < -0.39 is 11.6 Å². The van der Waals surface area contributed by atoms with Crippen molar-refractivity contribution in [2.75, 3.05) is 5.32 Å². The maximum atomic E-state index is 13.7. The molecule has 2 aromatic rings. The molecule has 0 radical (unpaired) electrons. The van der Waals surface area contributed by atoms with Crippen LogP contribution >= 0.6 is 0 Å². The van der Waals surface area contributed by atoms with Crippen LogP contribution in [0.5, 0.6) is 0 Å². The Hall–Kier alpha value is -1.90. The van der Waals surface area contributed by atoms with E-state index in [1.54, 1.807) is 0 Å². The zero-order valence-electron chi connectivity index (χ0n) is 9.79. The van der Waals surface area contributed by atoms with Gasteiger partial charge >= 0.3 is 0 Å². The van der Waals surface area contributed by atoms with Crippen molar-refractivity contribution >= 4 is 5.69 Å². The molecule has 1 unspecified atom stereocenters. The normalized spacial score (nSPS) is 18.0. The molecule has 0 bridgehead atoms. The van der Waals surface area contributed by atoms with Gasteiger partial charge in [-0.05, 0) is 36.6 Å². The molecule has 0 saturated carbocycles. The van der Waals surface area contributed by atoms with Gasteiger partial charge in [0.1, 0.15) is 11.6 Å². The lowest BCUT2D eigenvalue weighted by Gasteiger charge is -2.27. The molecule has 0 aliphatic carbocycles. The van der Waals surface area contributed by atoms with E-state index >= 15 is 0 Å². The lowest BCUT2D eigenvalue weighted by molar-refractivity contribution is 0.520. The van der Waals surface area contributed by atoms with Crippen molar-refractivity contribution in [2.45, 2.75) is 18.9 Å². The van der Waals surface area contributed by atoms with E-state index in [1.165, 1.54) is 23.8 Å². The van der Waals surface area contributed by atoms with Gasteiger partial charge in [0.25, 0.3) is 0 Å². The van der Waals surface area contributed by atoms with Crippen LogP contribution in [0.3, 0.4) is 0 Å². The summed E-state index contributed by atoms with van der Waals surface area (Å²) in [6, 6.07) is 11.6. The smallest absolute Gasteiger partial charge is 0.131 e. The fourth-order valence-corrected chi connectivity index (χ4v) is 2.50. The predicted molar refractivity (Wildman–Crippen MR) is 67.5 cm³/mol. The molecule has 0 aromatic heterocycles. The number of anilines is 1. The molecular weight excluding hydrogens is 232 g/mol. The van der Waals surface area contributed by atoms with Crippen LogP contribution in [0, 0.1) is 11.6 Å². The zero-order valence-corrected chi connectivity index (χ0v) is 9.79. The molecule has 1 aliphatic rings. The molecule has 92 valence electrons. The zero-order chi connectivity index (χ0) is 12.5. The summed E-state index contributed by atoms with van der Waals surface area (Å²) in [5.74, 6) is -0.959. The van der Waals surface area contributed by atoms with Crippen molar-refractivity contribution in [3.63, 3.8) is 0 Å². The molecular formula is C15H13F2N. The van der Waals surface area contributed by atoms with Crippen LogP contribution in [0.15, 0.2) is 42.5 Å². The van der Waals surface area contributed by atoms with Crippen molar-refractivity contribution in [3.05, 3.63) is 65.2 Å². The second-order valence-corrected chi connectivity index (χ2v) is 4.53. The van der Waals surface area contributed by atoms with Crippen LogP contribution in [-0.2, 0) is 6.42 Å². The van der Waals surface area contributed by atoms with Gasteiger partial charge < -0.3 is 5.32 Å². The fourth-order valence-electron chi connectivity index (χ4n) is 2.50. The van der Waals surface area contributed by atoms with E-state index in [2.05, 4.69) is 5.32 Å². The number of aryl methyl sites for hydroxylation is 1. The molecule has 0 spiro atoms. The van der Waals surface area contributed by atoms with Crippen LogP contribution in [0.2, 0.25) is 0 Å². The average molecular weight is 245 g/mol. The minimum absolute atomic E-state index is 0.145. The summed E-state index contributed by atoms with van der Waals surface area (Å²) in [7, 11) is 0. The van der Waals surface area contributed by atoms with Crippen LogP contribution in [0.25, 0.3) is 0 Å². The molecule has 0 amide bonds. The molecule has 0 saturated heterocycles. The van der Waals surface area contributed by atoms with Gasteiger partial charge in [0.15, 0.2) is 0 Å². The summed E-state index contributed by atoms with van der Waals surface area (Å²) in [4.78, 5) is 0. The Morgan fingerprint density at radius 1 is 0.944 bits per heavy atom. The van der Waals surface area contributed by atoms with Gasteiger partial charge in [-0.15, -0.1) is 0 Å². The second kappa shape index (κ2) is 4.41. The minimum Gasteiger partial charge on any atom is -0.378 e. The van der Waals surface area contributed by atoms with Gasteiger partial charge in [0, 0.05) is 11.3 Å². The molecule has 1 aliphatic heterocycles. The van der Waals surface area contributed by atoms with Gasteiger partial charge in [-0.3, -0.25) is 0 Å². The molecule has 2 aromatic carbocycles. The molecule has 1 heterocycles. The third kappa shape index (κ3) is 1.86. The SMILES string of the molecule is Fc1cccc(F)c1C1CCc2ccccc2N1. The van der Waals surface area contributed by atoms with E-state index in [0.717, 1.165) is 12.1 Å². The van der Waals surface area contributed by atoms with Gasteiger partial charge in [-0.25, -0.2) is 8.78 Å². The first-order chi connectivity index (χ1) is 8.75. The molecule has 1 atom stereocenters. The second-order valence-electron chi connectivity index (χ2n) is 4.53. The quantitative estimate of drug-likeness (QED) is 0.798. The van der Waals surface area contributed by atoms with E-state index in [4.69, 9.17) is 0 Å². The largest absolute Gasteiger partial charge is 0.378 e. The number of fused-ring (bicyclic) bond motifs is 1. The number of nitrogens with one attached hydrogen (secondary N) is 1. The molecule has 0 fully saturated rings. The summed E-state index contributed by atoms with van der Waals surface area (Å²) in [5.41, 5.74) is 2.31. The van der Waals surface area contributed by atoms with Crippen molar-refractivity contribution in [1.82, 2.24) is 0 Å².